The SMILES string of the molecule is CN(C)CCOc1ccc(NC(=O)CCC2CCNC2)cc1. The van der Waals surface area contributed by atoms with Crippen LogP contribution in [0.2, 0.25) is 0 Å². The van der Waals surface area contributed by atoms with E-state index < -0.39 is 0 Å². The Morgan fingerprint density at radius 1 is 1.36 bits per heavy atom. The number of amides is 1. The zero-order chi connectivity index (χ0) is 15.8. The summed E-state index contributed by atoms with van der Waals surface area (Å²) in [5.41, 5.74) is 0.828. The highest BCUT2D eigenvalue weighted by atomic mass is 16.5. The van der Waals surface area contributed by atoms with E-state index in [0.717, 1.165) is 37.5 Å². The molecule has 0 spiro atoms. The molecule has 5 nitrogen and oxygen atoms in total. The molecule has 0 bridgehead atoms. The Balaban J connectivity index is 1.69. The number of anilines is 1. The molecule has 2 rings (SSSR count). The number of hydrogen-bond acceptors (Lipinski definition) is 4. The van der Waals surface area contributed by atoms with Gasteiger partial charge < -0.3 is 20.3 Å². The van der Waals surface area contributed by atoms with E-state index in [0.29, 0.717) is 18.9 Å². The molecule has 1 unspecified atom stereocenters. The minimum Gasteiger partial charge on any atom is -0.492 e. The summed E-state index contributed by atoms with van der Waals surface area (Å²) in [5, 5.41) is 6.27. The van der Waals surface area contributed by atoms with E-state index in [-0.39, 0.29) is 5.91 Å². The van der Waals surface area contributed by atoms with Gasteiger partial charge in [-0.15, -0.1) is 0 Å². The zero-order valence-corrected chi connectivity index (χ0v) is 13.6. The van der Waals surface area contributed by atoms with E-state index in [4.69, 9.17) is 4.74 Å². The second kappa shape index (κ2) is 8.76. The fraction of sp³-hybridized carbons (Fsp3) is 0.588. The van der Waals surface area contributed by atoms with Gasteiger partial charge in [-0.3, -0.25) is 4.79 Å². The van der Waals surface area contributed by atoms with Gasteiger partial charge in [0.1, 0.15) is 12.4 Å². The fourth-order valence-corrected chi connectivity index (χ4v) is 2.50. The van der Waals surface area contributed by atoms with Crippen molar-refractivity contribution in [2.45, 2.75) is 19.3 Å². The number of rotatable bonds is 8. The average molecular weight is 305 g/mol. The van der Waals surface area contributed by atoms with Crippen LogP contribution in [-0.4, -0.2) is 51.1 Å². The van der Waals surface area contributed by atoms with Crippen molar-refractivity contribution in [1.82, 2.24) is 10.2 Å². The van der Waals surface area contributed by atoms with Crippen LogP contribution in [-0.2, 0) is 4.79 Å². The normalized spacial score (nSPS) is 17.7. The first kappa shape index (κ1) is 16.8. The Kier molecular flexibility index (Phi) is 6.68. The quantitative estimate of drug-likeness (QED) is 0.771. The van der Waals surface area contributed by atoms with Crippen molar-refractivity contribution in [2.75, 3.05) is 45.7 Å². The topological polar surface area (TPSA) is 53.6 Å². The highest BCUT2D eigenvalue weighted by Crippen LogP contribution is 2.18. The Morgan fingerprint density at radius 2 is 2.14 bits per heavy atom. The maximum Gasteiger partial charge on any atom is 0.224 e. The Hall–Kier alpha value is -1.59. The van der Waals surface area contributed by atoms with Crippen LogP contribution in [0.3, 0.4) is 0 Å². The highest BCUT2D eigenvalue weighted by Gasteiger charge is 2.15. The third-order valence-corrected chi connectivity index (χ3v) is 3.89. The van der Waals surface area contributed by atoms with E-state index in [2.05, 4.69) is 15.5 Å². The van der Waals surface area contributed by atoms with E-state index in [1.54, 1.807) is 0 Å². The van der Waals surface area contributed by atoms with Crippen molar-refractivity contribution in [3.8, 4) is 5.75 Å². The summed E-state index contributed by atoms with van der Waals surface area (Å²) in [6, 6.07) is 7.57. The third kappa shape index (κ3) is 6.03. The van der Waals surface area contributed by atoms with Crippen LogP contribution in [0.1, 0.15) is 19.3 Å². The van der Waals surface area contributed by atoms with Crippen molar-refractivity contribution in [1.29, 1.82) is 0 Å². The molecule has 122 valence electrons. The van der Waals surface area contributed by atoms with E-state index in [9.17, 15) is 4.79 Å². The second-order valence-electron chi connectivity index (χ2n) is 6.12. The molecule has 1 heterocycles. The average Bonchev–Trinajstić information content (AvgIpc) is 3.00. The number of benzene rings is 1. The fourth-order valence-electron chi connectivity index (χ4n) is 2.50. The monoisotopic (exact) mass is 305 g/mol. The van der Waals surface area contributed by atoms with Crippen molar-refractivity contribution in [3.05, 3.63) is 24.3 Å². The van der Waals surface area contributed by atoms with Gasteiger partial charge in [0.25, 0.3) is 0 Å². The first-order valence-electron chi connectivity index (χ1n) is 8.01. The van der Waals surface area contributed by atoms with Crippen LogP contribution >= 0.6 is 0 Å². The van der Waals surface area contributed by atoms with Crippen LogP contribution in [0.4, 0.5) is 5.69 Å². The minimum absolute atomic E-state index is 0.0909. The molecule has 2 N–H and O–H groups in total. The highest BCUT2D eigenvalue weighted by molar-refractivity contribution is 5.90. The Labute approximate surface area is 133 Å². The first-order valence-corrected chi connectivity index (χ1v) is 8.01. The lowest BCUT2D eigenvalue weighted by Crippen LogP contribution is -2.19. The maximum absolute atomic E-state index is 11.9. The van der Waals surface area contributed by atoms with Gasteiger partial charge in [-0.1, -0.05) is 0 Å². The smallest absolute Gasteiger partial charge is 0.224 e. The van der Waals surface area contributed by atoms with Gasteiger partial charge in [-0.2, -0.15) is 0 Å². The van der Waals surface area contributed by atoms with E-state index in [1.165, 1.54) is 6.42 Å². The predicted molar refractivity (Wildman–Crippen MR) is 89.3 cm³/mol. The summed E-state index contributed by atoms with van der Waals surface area (Å²) in [6.07, 6.45) is 2.74. The van der Waals surface area contributed by atoms with E-state index in [1.807, 2.05) is 38.4 Å². The molecule has 1 atom stereocenters. The van der Waals surface area contributed by atoms with Crippen LogP contribution in [0.15, 0.2) is 24.3 Å². The number of ether oxygens (including phenoxy) is 1. The second-order valence-corrected chi connectivity index (χ2v) is 6.12. The van der Waals surface area contributed by atoms with Gasteiger partial charge in [-0.25, -0.2) is 0 Å². The number of nitrogens with one attached hydrogen (secondary N) is 2. The molecular formula is C17H27N3O2. The van der Waals surface area contributed by atoms with Crippen LogP contribution < -0.4 is 15.4 Å². The summed E-state index contributed by atoms with van der Waals surface area (Å²) < 4.78 is 5.63. The van der Waals surface area contributed by atoms with Gasteiger partial charge in [-0.05, 0) is 70.2 Å². The van der Waals surface area contributed by atoms with Gasteiger partial charge in [0.2, 0.25) is 5.91 Å². The summed E-state index contributed by atoms with van der Waals surface area (Å²) in [7, 11) is 4.03. The molecule has 1 aliphatic rings. The van der Waals surface area contributed by atoms with Crippen molar-refractivity contribution in [2.24, 2.45) is 5.92 Å². The molecule has 22 heavy (non-hydrogen) atoms. The van der Waals surface area contributed by atoms with E-state index >= 15 is 0 Å². The Morgan fingerprint density at radius 3 is 2.77 bits per heavy atom. The first-order chi connectivity index (χ1) is 10.6. The zero-order valence-electron chi connectivity index (χ0n) is 13.6. The van der Waals surface area contributed by atoms with Crippen molar-refractivity contribution >= 4 is 11.6 Å². The number of likely N-dealkylation sites (N-methyl/N-ethyl adjacent to an activating group) is 1. The standard InChI is InChI=1S/C17H27N3O2/c1-20(2)11-12-22-16-6-4-15(5-7-16)19-17(21)8-3-14-9-10-18-13-14/h4-7,14,18H,3,8-13H2,1-2H3,(H,19,21). The lowest BCUT2D eigenvalue weighted by Gasteiger charge is -2.12. The molecule has 1 saturated heterocycles. The van der Waals surface area contributed by atoms with Crippen LogP contribution in [0.5, 0.6) is 5.75 Å². The molecule has 1 aliphatic heterocycles. The minimum atomic E-state index is 0.0909. The summed E-state index contributed by atoms with van der Waals surface area (Å²) in [4.78, 5) is 14.0. The third-order valence-electron chi connectivity index (χ3n) is 3.89. The van der Waals surface area contributed by atoms with Gasteiger partial charge >= 0.3 is 0 Å². The summed E-state index contributed by atoms with van der Waals surface area (Å²) in [5.74, 6) is 1.57. The number of nitrogens with zero attached hydrogens (tertiary/aromatic N) is 1. The Bertz CT molecular complexity index is 453. The number of hydrogen-bond donors (Lipinski definition) is 2. The molecule has 1 amide bonds. The molecule has 1 aromatic rings. The lowest BCUT2D eigenvalue weighted by molar-refractivity contribution is -0.116. The molecule has 0 aliphatic carbocycles. The molecule has 5 heteroatoms. The number of carbonyl (C=O) groups is 1. The molecule has 1 fully saturated rings. The predicted octanol–water partition coefficient (Wildman–Crippen LogP) is 1.96. The van der Waals surface area contributed by atoms with Crippen LogP contribution in [0, 0.1) is 5.92 Å². The summed E-state index contributed by atoms with van der Waals surface area (Å²) in [6.45, 7) is 3.68. The van der Waals surface area contributed by atoms with Gasteiger partial charge in [0.15, 0.2) is 0 Å². The molecular weight excluding hydrogens is 278 g/mol. The molecule has 1 aromatic carbocycles. The van der Waals surface area contributed by atoms with Gasteiger partial charge in [0.05, 0.1) is 0 Å². The van der Waals surface area contributed by atoms with Crippen molar-refractivity contribution in [3.63, 3.8) is 0 Å². The lowest BCUT2D eigenvalue weighted by atomic mass is 10.0. The maximum atomic E-state index is 11.9. The molecule has 0 radical (unpaired) electrons. The van der Waals surface area contributed by atoms with Crippen LogP contribution in [0.25, 0.3) is 0 Å². The molecule has 0 aromatic heterocycles. The largest absolute Gasteiger partial charge is 0.492 e. The summed E-state index contributed by atoms with van der Waals surface area (Å²) >= 11 is 0. The van der Waals surface area contributed by atoms with Crippen molar-refractivity contribution < 1.29 is 9.53 Å². The van der Waals surface area contributed by atoms with Gasteiger partial charge in [0, 0.05) is 18.7 Å². The molecule has 0 saturated carbocycles. The number of carbonyl (C=O) groups excluding carboxylic acids is 1.